The quantitative estimate of drug-likeness (QED) is 0.799. The molecule has 0 aliphatic carbocycles. The van der Waals surface area contributed by atoms with Gasteiger partial charge < -0.3 is 10.6 Å². The summed E-state index contributed by atoms with van der Waals surface area (Å²) in [6, 6.07) is 7.87. The SMILES string of the molecule is C=CCC(N)C(=O)N(C)Cc1ccc(C(C)C)cc1. The molecule has 0 fully saturated rings. The molecule has 3 nitrogen and oxygen atoms in total. The van der Waals surface area contributed by atoms with Gasteiger partial charge in [0.1, 0.15) is 0 Å². The molecule has 0 saturated carbocycles. The molecule has 1 aromatic carbocycles. The maximum atomic E-state index is 12.0. The Kier molecular flexibility index (Phi) is 5.77. The molecule has 1 unspecified atom stereocenters. The molecule has 0 aromatic heterocycles. The third-order valence-corrected chi connectivity index (χ3v) is 3.18. The summed E-state index contributed by atoms with van der Waals surface area (Å²) >= 11 is 0. The van der Waals surface area contributed by atoms with Crippen molar-refractivity contribution in [2.75, 3.05) is 7.05 Å². The van der Waals surface area contributed by atoms with E-state index in [1.807, 2.05) is 0 Å². The number of nitrogens with zero attached hydrogens (tertiary/aromatic N) is 1. The fourth-order valence-corrected chi connectivity index (χ4v) is 1.92. The van der Waals surface area contributed by atoms with E-state index in [2.05, 4.69) is 44.7 Å². The van der Waals surface area contributed by atoms with E-state index in [0.717, 1.165) is 5.56 Å². The van der Waals surface area contributed by atoms with Crippen LogP contribution in [0.25, 0.3) is 0 Å². The Hall–Kier alpha value is -1.61. The molecule has 2 N–H and O–H groups in total. The van der Waals surface area contributed by atoms with Crippen LogP contribution < -0.4 is 5.73 Å². The van der Waals surface area contributed by atoms with Gasteiger partial charge in [-0.25, -0.2) is 0 Å². The third kappa shape index (κ3) is 4.52. The summed E-state index contributed by atoms with van der Waals surface area (Å²) < 4.78 is 0. The van der Waals surface area contributed by atoms with E-state index >= 15 is 0 Å². The predicted molar refractivity (Wildman–Crippen MR) is 79.8 cm³/mol. The van der Waals surface area contributed by atoms with Gasteiger partial charge in [-0.15, -0.1) is 6.58 Å². The second-order valence-corrected chi connectivity index (χ2v) is 5.22. The van der Waals surface area contributed by atoms with Gasteiger partial charge in [-0.2, -0.15) is 0 Å². The Labute approximate surface area is 116 Å². The van der Waals surface area contributed by atoms with Crippen molar-refractivity contribution in [1.82, 2.24) is 4.90 Å². The van der Waals surface area contributed by atoms with Crippen LogP contribution in [0.5, 0.6) is 0 Å². The Morgan fingerprint density at radius 3 is 2.42 bits per heavy atom. The van der Waals surface area contributed by atoms with E-state index in [1.165, 1.54) is 5.56 Å². The zero-order chi connectivity index (χ0) is 14.4. The lowest BCUT2D eigenvalue weighted by molar-refractivity contribution is -0.131. The lowest BCUT2D eigenvalue weighted by Gasteiger charge is -2.21. The molecule has 0 radical (unpaired) electrons. The first kappa shape index (κ1) is 15.4. The first-order valence-corrected chi connectivity index (χ1v) is 6.66. The van der Waals surface area contributed by atoms with Crippen molar-refractivity contribution in [3.8, 4) is 0 Å². The van der Waals surface area contributed by atoms with E-state index in [9.17, 15) is 4.79 Å². The second kappa shape index (κ2) is 7.10. The van der Waals surface area contributed by atoms with Crippen LogP contribution in [0.2, 0.25) is 0 Å². The van der Waals surface area contributed by atoms with Gasteiger partial charge in [-0.1, -0.05) is 44.2 Å². The smallest absolute Gasteiger partial charge is 0.239 e. The zero-order valence-corrected chi connectivity index (χ0v) is 12.1. The molecular weight excluding hydrogens is 236 g/mol. The van der Waals surface area contributed by atoms with Crippen molar-refractivity contribution >= 4 is 5.91 Å². The fourth-order valence-electron chi connectivity index (χ4n) is 1.92. The van der Waals surface area contributed by atoms with E-state index in [-0.39, 0.29) is 5.91 Å². The minimum Gasteiger partial charge on any atom is -0.340 e. The van der Waals surface area contributed by atoms with Crippen LogP contribution in [0.4, 0.5) is 0 Å². The number of benzene rings is 1. The molecule has 104 valence electrons. The van der Waals surface area contributed by atoms with Crippen LogP contribution in [0.1, 0.15) is 37.3 Å². The summed E-state index contributed by atoms with van der Waals surface area (Å²) in [6.07, 6.45) is 2.18. The molecule has 0 heterocycles. The highest BCUT2D eigenvalue weighted by molar-refractivity contribution is 5.81. The van der Waals surface area contributed by atoms with Crippen molar-refractivity contribution in [3.63, 3.8) is 0 Å². The molecule has 3 heteroatoms. The molecule has 0 aliphatic heterocycles. The molecular formula is C16H24N2O. The molecule has 0 saturated heterocycles. The first-order valence-electron chi connectivity index (χ1n) is 6.66. The Balaban J connectivity index is 2.63. The monoisotopic (exact) mass is 260 g/mol. The van der Waals surface area contributed by atoms with Crippen LogP contribution in [-0.2, 0) is 11.3 Å². The zero-order valence-electron chi connectivity index (χ0n) is 12.1. The van der Waals surface area contributed by atoms with Gasteiger partial charge in [-0.3, -0.25) is 4.79 Å². The highest BCUT2D eigenvalue weighted by atomic mass is 16.2. The van der Waals surface area contributed by atoms with Crippen LogP contribution in [0, 0.1) is 0 Å². The third-order valence-electron chi connectivity index (χ3n) is 3.18. The van der Waals surface area contributed by atoms with Crippen molar-refractivity contribution in [2.24, 2.45) is 5.73 Å². The van der Waals surface area contributed by atoms with Crippen LogP contribution in [0.15, 0.2) is 36.9 Å². The minimum absolute atomic E-state index is 0.0483. The molecule has 1 amide bonds. The summed E-state index contributed by atoms with van der Waals surface area (Å²) in [6.45, 7) is 8.52. The van der Waals surface area contributed by atoms with Gasteiger partial charge >= 0.3 is 0 Å². The number of likely N-dealkylation sites (N-methyl/N-ethyl adjacent to an activating group) is 1. The van der Waals surface area contributed by atoms with E-state index in [0.29, 0.717) is 18.9 Å². The summed E-state index contributed by atoms with van der Waals surface area (Å²) in [4.78, 5) is 13.6. The predicted octanol–water partition coefficient (Wildman–Crippen LogP) is 2.67. The number of carbonyl (C=O) groups excluding carboxylic acids is 1. The molecule has 1 atom stereocenters. The van der Waals surface area contributed by atoms with E-state index in [1.54, 1.807) is 18.0 Å². The minimum atomic E-state index is -0.488. The number of hydrogen-bond acceptors (Lipinski definition) is 2. The number of rotatable bonds is 6. The normalized spacial score (nSPS) is 12.3. The molecule has 1 rings (SSSR count). The number of nitrogens with two attached hydrogens (primary N) is 1. The average Bonchev–Trinajstić information content (AvgIpc) is 2.38. The molecule has 0 aliphatic rings. The van der Waals surface area contributed by atoms with Crippen LogP contribution >= 0.6 is 0 Å². The Morgan fingerprint density at radius 2 is 1.95 bits per heavy atom. The summed E-state index contributed by atoms with van der Waals surface area (Å²) in [7, 11) is 1.78. The van der Waals surface area contributed by atoms with Crippen molar-refractivity contribution < 1.29 is 4.79 Å². The molecule has 0 spiro atoms. The molecule has 19 heavy (non-hydrogen) atoms. The lowest BCUT2D eigenvalue weighted by Crippen LogP contribution is -2.41. The topological polar surface area (TPSA) is 46.3 Å². The second-order valence-electron chi connectivity index (χ2n) is 5.22. The average molecular weight is 260 g/mol. The maximum absolute atomic E-state index is 12.0. The largest absolute Gasteiger partial charge is 0.340 e. The van der Waals surface area contributed by atoms with E-state index in [4.69, 9.17) is 5.73 Å². The highest BCUT2D eigenvalue weighted by Gasteiger charge is 2.16. The number of carbonyl (C=O) groups is 1. The van der Waals surface area contributed by atoms with Gasteiger partial charge in [0.05, 0.1) is 6.04 Å². The fraction of sp³-hybridized carbons (Fsp3) is 0.438. The van der Waals surface area contributed by atoms with Gasteiger partial charge in [-0.05, 0) is 23.5 Å². The van der Waals surface area contributed by atoms with Gasteiger partial charge in [0.15, 0.2) is 0 Å². The van der Waals surface area contributed by atoms with Gasteiger partial charge in [0.25, 0.3) is 0 Å². The lowest BCUT2D eigenvalue weighted by atomic mass is 10.0. The summed E-state index contributed by atoms with van der Waals surface area (Å²) in [5.41, 5.74) is 8.21. The Morgan fingerprint density at radius 1 is 1.37 bits per heavy atom. The van der Waals surface area contributed by atoms with Gasteiger partial charge in [0, 0.05) is 13.6 Å². The van der Waals surface area contributed by atoms with Gasteiger partial charge in [0.2, 0.25) is 5.91 Å². The molecule has 1 aromatic rings. The number of amides is 1. The summed E-state index contributed by atoms with van der Waals surface area (Å²) in [5.74, 6) is 0.474. The Bertz CT molecular complexity index is 423. The standard InChI is InChI=1S/C16H24N2O/c1-5-6-15(17)16(19)18(4)11-13-7-9-14(10-8-13)12(2)3/h5,7-10,12,15H,1,6,11,17H2,2-4H3. The van der Waals surface area contributed by atoms with Crippen LogP contribution in [0.3, 0.4) is 0 Å². The number of hydrogen-bond donors (Lipinski definition) is 1. The first-order chi connectivity index (χ1) is 8.95. The molecule has 0 bridgehead atoms. The highest BCUT2D eigenvalue weighted by Crippen LogP contribution is 2.15. The van der Waals surface area contributed by atoms with Crippen LogP contribution in [-0.4, -0.2) is 23.9 Å². The maximum Gasteiger partial charge on any atom is 0.239 e. The summed E-state index contributed by atoms with van der Waals surface area (Å²) in [5, 5.41) is 0. The van der Waals surface area contributed by atoms with Crippen molar-refractivity contribution in [1.29, 1.82) is 0 Å². The van der Waals surface area contributed by atoms with Crippen molar-refractivity contribution in [2.45, 2.75) is 38.8 Å². The van der Waals surface area contributed by atoms with Crippen molar-refractivity contribution in [3.05, 3.63) is 48.0 Å². The van der Waals surface area contributed by atoms with E-state index < -0.39 is 6.04 Å².